The van der Waals surface area contributed by atoms with Gasteiger partial charge >= 0.3 is 0 Å². The second kappa shape index (κ2) is 10.7. The SMILES string of the molecule is CCCC(N)C(=O)NCCOc1ccccc1-c1ccccc1.Cl. The number of ether oxygens (including phenoxy) is 1. The van der Waals surface area contributed by atoms with Crippen molar-refractivity contribution in [2.45, 2.75) is 25.8 Å². The Morgan fingerprint density at radius 3 is 2.50 bits per heavy atom. The van der Waals surface area contributed by atoms with Crippen LogP contribution in [0.1, 0.15) is 19.8 Å². The molecule has 1 amide bonds. The normalized spacial score (nSPS) is 11.2. The molecule has 0 aliphatic heterocycles. The van der Waals surface area contributed by atoms with E-state index in [-0.39, 0.29) is 18.3 Å². The Morgan fingerprint density at radius 1 is 1.12 bits per heavy atom. The first-order chi connectivity index (χ1) is 11.2. The molecule has 2 rings (SSSR count). The molecule has 2 aromatic carbocycles. The molecule has 130 valence electrons. The predicted octanol–water partition coefficient (Wildman–Crippen LogP) is 3.40. The number of carbonyl (C=O) groups is 1. The Bertz CT molecular complexity index is 620. The van der Waals surface area contributed by atoms with Crippen LogP contribution in [-0.4, -0.2) is 25.1 Å². The molecule has 24 heavy (non-hydrogen) atoms. The Labute approximate surface area is 149 Å². The summed E-state index contributed by atoms with van der Waals surface area (Å²) in [6.45, 7) is 2.87. The Kier molecular flexibility index (Phi) is 8.90. The molecule has 1 unspecified atom stereocenters. The Hall–Kier alpha value is -2.04. The molecular weight excluding hydrogens is 324 g/mol. The molecule has 0 aliphatic carbocycles. The lowest BCUT2D eigenvalue weighted by Crippen LogP contribution is -2.41. The summed E-state index contributed by atoms with van der Waals surface area (Å²) in [4.78, 5) is 11.7. The van der Waals surface area contributed by atoms with Gasteiger partial charge in [-0.1, -0.05) is 61.9 Å². The van der Waals surface area contributed by atoms with Gasteiger partial charge < -0.3 is 15.8 Å². The van der Waals surface area contributed by atoms with E-state index in [1.54, 1.807) is 0 Å². The van der Waals surface area contributed by atoms with Crippen LogP contribution in [0.2, 0.25) is 0 Å². The third kappa shape index (κ3) is 5.87. The number of nitrogens with two attached hydrogens (primary N) is 1. The molecule has 1 atom stereocenters. The number of carbonyl (C=O) groups excluding carboxylic acids is 1. The highest BCUT2D eigenvalue weighted by atomic mass is 35.5. The van der Waals surface area contributed by atoms with Crippen LogP contribution in [0, 0.1) is 0 Å². The molecule has 0 heterocycles. The van der Waals surface area contributed by atoms with Crippen LogP contribution in [0.5, 0.6) is 5.75 Å². The molecule has 0 bridgehead atoms. The van der Waals surface area contributed by atoms with Crippen LogP contribution >= 0.6 is 12.4 Å². The van der Waals surface area contributed by atoms with Crippen molar-refractivity contribution < 1.29 is 9.53 Å². The van der Waals surface area contributed by atoms with Gasteiger partial charge in [0.2, 0.25) is 5.91 Å². The summed E-state index contributed by atoms with van der Waals surface area (Å²) >= 11 is 0. The van der Waals surface area contributed by atoms with Crippen molar-refractivity contribution in [2.24, 2.45) is 5.73 Å². The lowest BCUT2D eigenvalue weighted by Gasteiger charge is -2.14. The highest BCUT2D eigenvalue weighted by Gasteiger charge is 2.11. The number of hydrogen-bond acceptors (Lipinski definition) is 3. The lowest BCUT2D eigenvalue weighted by atomic mass is 10.1. The predicted molar refractivity (Wildman–Crippen MR) is 101 cm³/mol. The highest BCUT2D eigenvalue weighted by molar-refractivity contribution is 5.85. The summed E-state index contributed by atoms with van der Waals surface area (Å²) in [6, 6.07) is 17.6. The van der Waals surface area contributed by atoms with Crippen molar-refractivity contribution in [3.05, 3.63) is 54.6 Å². The first-order valence-electron chi connectivity index (χ1n) is 8.03. The fourth-order valence-electron chi connectivity index (χ4n) is 2.36. The van der Waals surface area contributed by atoms with Crippen LogP contribution in [0.4, 0.5) is 0 Å². The first-order valence-corrected chi connectivity index (χ1v) is 8.03. The van der Waals surface area contributed by atoms with Crippen LogP contribution in [0.25, 0.3) is 11.1 Å². The highest BCUT2D eigenvalue weighted by Crippen LogP contribution is 2.29. The van der Waals surface area contributed by atoms with Gasteiger partial charge in [0.15, 0.2) is 0 Å². The van der Waals surface area contributed by atoms with Gasteiger partial charge in [0.1, 0.15) is 12.4 Å². The summed E-state index contributed by atoms with van der Waals surface area (Å²) in [5.41, 5.74) is 7.92. The van der Waals surface area contributed by atoms with Crippen molar-refractivity contribution in [1.82, 2.24) is 5.32 Å². The zero-order valence-corrected chi connectivity index (χ0v) is 14.7. The fraction of sp³-hybridized carbons (Fsp3) is 0.316. The standard InChI is InChI=1S/C19H24N2O2.ClH/c1-2-8-17(20)19(22)21-13-14-23-18-12-7-6-11-16(18)15-9-4-3-5-10-15;/h3-7,9-12,17H,2,8,13-14,20H2,1H3,(H,21,22);1H. The molecular formula is C19H25ClN2O2. The second-order valence-corrected chi connectivity index (χ2v) is 5.40. The Balaban J connectivity index is 0.00000288. The van der Waals surface area contributed by atoms with E-state index < -0.39 is 6.04 Å². The maximum Gasteiger partial charge on any atom is 0.237 e. The molecule has 0 saturated heterocycles. The molecule has 2 aromatic rings. The third-order valence-electron chi connectivity index (χ3n) is 3.57. The number of benzene rings is 2. The van der Waals surface area contributed by atoms with Crippen LogP contribution < -0.4 is 15.8 Å². The van der Waals surface area contributed by atoms with Crippen molar-refractivity contribution in [3.8, 4) is 16.9 Å². The van der Waals surface area contributed by atoms with Crippen molar-refractivity contribution in [1.29, 1.82) is 0 Å². The van der Waals surface area contributed by atoms with E-state index in [1.165, 1.54) is 0 Å². The van der Waals surface area contributed by atoms with E-state index in [2.05, 4.69) is 5.32 Å². The van der Waals surface area contributed by atoms with E-state index in [9.17, 15) is 4.79 Å². The monoisotopic (exact) mass is 348 g/mol. The van der Waals surface area contributed by atoms with Gasteiger partial charge in [0.25, 0.3) is 0 Å². The van der Waals surface area contributed by atoms with Gasteiger partial charge in [0.05, 0.1) is 12.6 Å². The summed E-state index contributed by atoms with van der Waals surface area (Å²) in [5.74, 6) is 0.692. The van der Waals surface area contributed by atoms with Crippen LogP contribution in [0.3, 0.4) is 0 Å². The van der Waals surface area contributed by atoms with E-state index in [0.29, 0.717) is 19.6 Å². The summed E-state index contributed by atoms with van der Waals surface area (Å²) in [7, 11) is 0. The van der Waals surface area contributed by atoms with Gasteiger partial charge in [-0.25, -0.2) is 0 Å². The number of amides is 1. The van der Waals surface area contributed by atoms with E-state index in [4.69, 9.17) is 10.5 Å². The average Bonchev–Trinajstić information content (AvgIpc) is 2.60. The van der Waals surface area contributed by atoms with Gasteiger partial charge in [-0.05, 0) is 18.1 Å². The summed E-state index contributed by atoms with van der Waals surface area (Å²) < 4.78 is 5.83. The first kappa shape index (κ1) is 20.0. The molecule has 0 fully saturated rings. The van der Waals surface area contributed by atoms with E-state index >= 15 is 0 Å². The summed E-state index contributed by atoms with van der Waals surface area (Å²) in [5, 5.41) is 2.81. The minimum atomic E-state index is -0.434. The van der Waals surface area contributed by atoms with Crippen molar-refractivity contribution >= 4 is 18.3 Å². The molecule has 0 aliphatic rings. The number of nitrogens with one attached hydrogen (secondary N) is 1. The van der Waals surface area contributed by atoms with Crippen molar-refractivity contribution in [2.75, 3.05) is 13.2 Å². The van der Waals surface area contributed by atoms with Crippen LogP contribution in [0.15, 0.2) is 54.6 Å². The van der Waals surface area contributed by atoms with Gasteiger partial charge in [-0.2, -0.15) is 0 Å². The quantitative estimate of drug-likeness (QED) is 0.719. The number of hydrogen-bond donors (Lipinski definition) is 2. The van der Waals surface area contributed by atoms with Crippen molar-refractivity contribution in [3.63, 3.8) is 0 Å². The topological polar surface area (TPSA) is 64.4 Å². The van der Waals surface area contributed by atoms with Gasteiger partial charge in [-0.3, -0.25) is 4.79 Å². The maximum absolute atomic E-state index is 11.7. The van der Waals surface area contributed by atoms with Gasteiger partial charge in [0, 0.05) is 5.56 Å². The lowest BCUT2D eigenvalue weighted by molar-refractivity contribution is -0.122. The summed E-state index contributed by atoms with van der Waals surface area (Å²) in [6.07, 6.45) is 1.60. The number of halogens is 1. The van der Waals surface area contributed by atoms with Crippen LogP contribution in [-0.2, 0) is 4.79 Å². The minimum absolute atomic E-state index is 0. The minimum Gasteiger partial charge on any atom is -0.491 e. The average molecular weight is 349 g/mol. The molecule has 0 spiro atoms. The van der Waals surface area contributed by atoms with Gasteiger partial charge in [-0.15, -0.1) is 12.4 Å². The smallest absolute Gasteiger partial charge is 0.237 e. The Morgan fingerprint density at radius 2 is 1.79 bits per heavy atom. The fourth-order valence-corrected chi connectivity index (χ4v) is 2.36. The zero-order chi connectivity index (χ0) is 16.5. The molecule has 5 heteroatoms. The van der Waals surface area contributed by atoms with E-state index in [1.807, 2.05) is 61.5 Å². The zero-order valence-electron chi connectivity index (χ0n) is 13.9. The largest absolute Gasteiger partial charge is 0.491 e. The number of rotatable bonds is 8. The molecule has 0 aromatic heterocycles. The molecule has 4 nitrogen and oxygen atoms in total. The maximum atomic E-state index is 11.7. The molecule has 0 saturated carbocycles. The molecule has 0 radical (unpaired) electrons. The van der Waals surface area contributed by atoms with E-state index in [0.717, 1.165) is 23.3 Å². The number of para-hydroxylation sites is 1. The second-order valence-electron chi connectivity index (χ2n) is 5.40. The molecule has 3 N–H and O–H groups in total. The third-order valence-corrected chi connectivity index (χ3v) is 3.57.